The molecule has 150 valence electrons. The van der Waals surface area contributed by atoms with Crippen molar-refractivity contribution in [3.05, 3.63) is 59.1 Å². The Balaban J connectivity index is 1.46. The van der Waals surface area contributed by atoms with Crippen molar-refractivity contribution >= 4 is 57.3 Å². The summed E-state index contributed by atoms with van der Waals surface area (Å²) in [5.74, 6) is -0.0387. The van der Waals surface area contributed by atoms with Crippen LogP contribution in [0, 0.1) is 0 Å². The Morgan fingerprint density at radius 1 is 1.10 bits per heavy atom. The molecule has 2 aromatic carbocycles. The van der Waals surface area contributed by atoms with Crippen LogP contribution < -0.4 is 20.9 Å². The molecule has 0 saturated heterocycles. The van der Waals surface area contributed by atoms with E-state index in [4.69, 9.17) is 16.3 Å². The Morgan fingerprint density at radius 3 is 2.62 bits per heavy atom. The molecule has 11 heteroatoms. The highest BCUT2D eigenvalue weighted by Gasteiger charge is 2.11. The van der Waals surface area contributed by atoms with Gasteiger partial charge in [-0.3, -0.25) is 20.4 Å². The van der Waals surface area contributed by atoms with Gasteiger partial charge in [0.2, 0.25) is 11.0 Å². The fourth-order valence-corrected chi connectivity index (χ4v) is 3.84. The lowest BCUT2D eigenvalue weighted by molar-refractivity contribution is -0.119. The monoisotopic (exact) mass is 449 g/mol. The number of hydrazine groups is 1. The number of aromatic nitrogens is 2. The molecule has 0 unspecified atom stereocenters. The van der Waals surface area contributed by atoms with Crippen LogP contribution in [0.2, 0.25) is 5.02 Å². The van der Waals surface area contributed by atoms with Gasteiger partial charge in [0.1, 0.15) is 5.75 Å². The Hall–Kier alpha value is -2.82. The van der Waals surface area contributed by atoms with Gasteiger partial charge >= 0.3 is 0 Å². The van der Waals surface area contributed by atoms with Crippen molar-refractivity contribution < 1.29 is 14.3 Å². The molecule has 0 bridgehead atoms. The Bertz CT molecular complexity index is 997. The van der Waals surface area contributed by atoms with Gasteiger partial charge in [-0.25, -0.2) is 0 Å². The van der Waals surface area contributed by atoms with E-state index >= 15 is 0 Å². The highest BCUT2D eigenvalue weighted by molar-refractivity contribution is 8.01. The van der Waals surface area contributed by atoms with Gasteiger partial charge in [0.25, 0.3) is 5.91 Å². The summed E-state index contributed by atoms with van der Waals surface area (Å²) in [4.78, 5) is 23.9. The molecule has 0 aliphatic carbocycles. The lowest BCUT2D eigenvalue weighted by atomic mass is 10.2. The first kappa shape index (κ1) is 20.9. The van der Waals surface area contributed by atoms with Gasteiger partial charge < -0.3 is 10.1 Å². The van der Waals surface area contributed by atoms with E-state index in [1.165, 1.54) is 23.1 Å². The number of amides is 2. The zero-order valence-electron chi connectivity index (χ0n) is 15.1. The number of halogens is 1. The molecule has 0 atom stereocenters. The first-order valence-electron chi connectivity index (χ1n) is 8.26. The fourth-order valence-electron chi connectivity index (χ4n) is 2.14. The lowest BCUT2D eigenvalue weighted by Crippen LogP contribution is -2.42. The van der Waals surface area contributed by atoms with Crippen molar-refractivity contribution in [1.29, 1.82) is 0 Å². The third-order valence-corrected chi connectivity index (χ3v) is 5.73. The third kappa shape index (κ3) is 6.08. The van der Waals surface area contributed by atoms with Gasteiger partial charge in [-0.15, -0.1) is 10.2 Å². The smallest absolute Gasteiger partial charge is 0.269 e. The summed E-state index contributed by atoms with van der Waals surface area (Å²) >= 11 is 8.30. The van der Waals surface area contributed by atoms with Gasteiger partial charge in [0.05, 0.1) is 18.6 Å². The molecule has 0 aliphatic rings. The summed E-state index contributed by atoms with van der Waals surface area (Å²) in [6, 6.07) is 13.8. The first-order valence-corrected chi connectivity index (χ1v) is 10.4. The number of methoxy groups -OCH3 is 1. The molecular weight excluding hydrogens is 434 g/mol. The molecule has 3 N–H and O–H groups in total. The average molecular weight is 450 g/mol. The van der Waals surface area contributed by atoms with Gasteiger partial charge in [-0.05, 0) is 36.4 Å². The summed E-state index contributed by atoms with van der Waals surface area (Å²) < 4.78 is 5.89. The number of nitrogens with one attached hydrogen (secondary N) is 3. The van der Waals surface area contributed by atoms with E-state index in [0.29, 0.717) is 25.8 Å². The molecule has 0 radical (unpaired) electrons. The van der Waals surface area contributed by atoms with Crippen LogP contribution in [-0.2, 0) is 4.79 Å². The van der Waals surface area contributed by atoms with E-state index < -0.39 is 5.91 Å². The normalized spacial score (nSPS) is 10.3. The maximum absolute atomic E-state index is 11.9. The number of carbonyl (C=O) groups is 2. The standard InChI is InChI=1S/C18H16ClN5O3S2/c1-27-14-5-3-2-4-13(14)20-17-23-24-18(29-17)28-10-15(25)21-22-16(26)11-6-8-12(19)9-7-11/h2-9H,10H2,1H3,(H,20,23)(H,21,25)(H,22,26). The molecule has 0 spiro atoms. The summed E-state index contributed by atoms with van der Waals surface area (Å²) in [5, 5.41) is 12.3. The van der Waals surface area contributed by atoms with Crippen LogP contribution in [0.3, 0.4) is 0 Å². The Morgan fingerprint density at radius 2 is 1.86 bits per heavy atom. The summed E-state index contributed by atoms with van der Waals surface area (Å²) in [7, 11) is 1.59. The highest BCUT2D eigenvalue weighted by Crippen LogP contribution is 2.31. The number of thioether (sulfide) groups is 1. The van der Waals surface area contributed by atoms with E-state index in [2.05, 4.69) is 26.4 Å². The second-order valence-corrected chi connectivity index (χ2v) is 8.13. The van der Waals surface area contributed by atoms with Crippen LogP contribution in [0.1, 0.15) is 10.4 Å². The average Bonchev–Trinajstić information content (AvgIpc) is 3.18. The molecule has 0 aliphatic heterocycles. The van der Waals surface area contributed by atoms with Crippen molar-refractivity contribution in [2.75, 3.05) is 18.2 Å². The minimum absolute atomic E-state index is 0.0736. The molecule has 0 saturated carbocycles. The van der Waals surface area contributed by atoms with Crippen molar-refractivity contribution in [3.63, 3.8) is 0 Å². The van der Waals surface area contributed by atoms with Crippen LogP contribution in [0.4, 0.5) is 10.8 Å². The fraction of sp³-hybridized carbons (Fsp3) is 0.111. The van der Waals surface area contributed by atoms with Gasteiger partial charge in [0, 0.05) is 10.6 Å². The maximum atomic E-state index is 11.9. The molecule has 1 aromatic heterocycles. The van der Waals surface area contributed by atoms with Crippen LogP contribution >= 0.6 is 34.7 Å². The molecule has 1 heterocycles. The van der Waals surface area contributed by atoms with Crippen molar-refractivity contribution in [2.45, 2.75) is 4.34 Å². The van der Waals surface area contributed by atoms with Crippen LogP contribution in [0.5, 0.6) is 5.75 Å². The maximum Gasteiger partial charge on any atom is 0.269 e. The van der Waals surface area contributed by atoms with Gasteiger partial charge in [-0.2, -0.15) is 0 Å². The number of rotatable bonds is 7. The van der Waals surface area contributed by atoms with E-state index in [9.17, 15) is 9.59 Å². The minimum atomic E-state index is -0.431. The van der Waals surface area contributed by atoms with E-state index in [0.717, 1.165) is 5.69 Å². The summed E-state index contributed by atoms with van der Waals surface area (Å²) in [6.45, 7) is 0. The predicted octanol–water partition coefficient (Wildman–Crippen LogP) is 3.50. The first-order chi connectivity index (χ1) is 14.0. The number of ether oxygens (including phenoxy) is 1. The predicted molar refractivity (Wildman–Crippen MR) is 114 cm³/mol. The summed E-state index contributed by atoms with van der Waals surface area (Å²) in [5.41, 5.74) is 5.87. The second-order valence-electron chi connectivity index (χ2n) is 5.50. The number of benzene rings is 2. The second kappa shape index (κ2) is 10.1. The molecule has 29 heavy (non-hydrogen) atoms. The highest BCUT2D eigenvalue weighted by atomic mass is 35.5. The van der Waals surface area contributed by atoms with E-state index in [1.807, 2.05) is 24.3 Å². The van der Waals surface area contributed by atoms with E-state index in [1.54, 1.807) is 31.4 Å². The van der Waals surface area contributed by atoms with Crippen LogP contribution in [0.25, 0.3) is 0 Å². The Kier molecular flexibility index (Phi) is 7.28. The number of anilines is 2. The molecule has 2 amide bonds. The quantitative estimate of drug-likeness (QED) is 0.374. The Labute approximate surface area is 180 Å². The number of nitrogens with zero attached hydrogens (tertiary/aromatic N) is 2. The topological polar surface area (TPSA) is 105 Å². The number of hydrogen-bond acceptors (Lipinski definition) is 8. The third-order valence-electron chi connectivity index (χ3n) is 3.50. The number of carbonyl (C=O) groups excluding carboxylic acids is 2. The SMILES string of the molecule is COc1ccccc1Nc1nnc(SCC(=O)NNC(=O)c2ccc(Cl)cc2)s1. The van der Waals surface area contributed by atoms with Gasteiger partial charge in [0.15, 0.2) is 4.34 Å². The zero-order chi connectivity index (χ0) is 20.6. The van der Waals surface area contributed by atoms with E-state index in [-0.39, 0.29) is 11.7 Å². The van der Waals surface area contributed by atoms with Crippen LogP contribution in [0.15, 0.2) is 52.9 Å². The van der Waals surface area contributed by atoms with Crippen molar-refractivity contribution in [2.24, 2.45) is 0 Å². The van der Waals surface area contributed by atoms with Gasteiger partial charge in [-0.1, -0.05) is 46.8 Å². The van der Waals surface area contributed by atoms with Crippen molar-refractivity contribution in [1.82, 2.24) is 21.0 Å². The minimum Gasteiger partial charge on any atom is -0.495 e. The molecule has 3 rings (SSSR count). The summed E-state index contributed by atoms with van der Waals surface area (Å²) in [6.07, 6.45) is 0. The zero-order valence-corrected chi connectivity index (χ0v) is 17.5. The number of para-hydroxylation sites is 2. The molecule has 0 fully saturated rings. The van der Waals surface area contributed by atoms with Crippen LogP contribution in [-0.4, -0.2) is 34.9 Å². The van der Waals surface area contributed by atoms with Crippen molar-refractivity contribution in [3.8, 4) is 5.75 Å². The number of hydrogen-bond donors (Lipinski definition) is 3. The molecule has 8 nitrogen and oxygen atoms in total. The largest absolute Gasteiger partial charge is 0.495 e. The lowest BCUT2D eigenvalue weighted by Gasteiger charge is -2.07. The molecule has 3 aromatic rings. The molecular formula is C18H16ClN5O3S2.